The monoisotopic (exact) mass is 477 g/mol. The molecule has 4 aromatic rings. The van der Waals surface area contributed by atoms with Crippen molar-refractivity contribution >= 4 is 34.1 Å². The van der Waals surface area contributed by atoms with Crippen LogP contribution in [0.4, 0.5) is 26.4 Å². The van der Waals surface area contributed by atoms with Crippen molar-refractivity contribution in [1.82, 2.24) is 19.5 Å². The highest BCUT2D eigenvalue weighted by atomic mass is 19.1. The van der Waals surface area contributed by atoms with E-state index in [4.69, 9.17) is 15.6 Å². The molecule has 2 aliphatic rings. The van der Waals surface area contributed by atoms with Crippen molar-refractivity contribution in [2.75, 3.05) is 29.5 Å². The fraction of sp³-hybridized carbons (Fsp3) is 0.250. The fourth-order valence-corrected chi connectivity index (χ4v) is 4.34. The standard InChI is InChI=1S/C18H16FN5O3.C6H8N2/c1-8-11(6-23-17-16(8)21-2-3-27-17)10-4-9-5-13(24-18(25)26)22-7-12(9)15(20)14(10)19;1-2-6-7-3-5-8(6)4-1/h4-7,21H,2-3,20H2,1H3,(H,22,24)(H,25,26);3,5H,1-2,4H2. The van der Waals surface area contributed by atoms with Gasteiger partial charge in [-0.05, 0) is 36.4 Å². The second-order valence-corrected chi connectivity index (χ2v) is 8.27. The maximum atomic E-state index is 15.0. The van der Waals surface area contributed by atoms with Gasteiger partial charge < -0.3 is 25.5 Å². The molecule has 11 heteroatoms. The third-order valence-corrected chi connectivity index (χ3v) is 6.07. The molecule has 0 radical (unpaired) electrons. The summed E-state index contributed by atoms with van der Waals surface area (Å²) in [7, 11) is 0. The minimum absolute atomic E-state index is 0.0572. The van der Waals surface area contributed by atoms with Crippen LogP contribution in [0.25, 0.3) is 21.9 Å². The maximum Gasteiger partial charge on any atom is 0.410 e. The average molecular weight is 478 g/mol. The number of pyridine rings is 2. The normalized spacial score (nSPS) is 13.7. The van der Waals surface area contributed by atoms with Crippen LogP contribution in [0.5, 0.6) is 5.88 Å². The van der Waals surface area contributed by atoms with Crippen LogP contribution in [0.1, 0.15) is 17.8 Å². The number of imidazole rings is 1. The summed E-state index contributed by atoms with van der Waals surface area (Å²) in [6, 6.07) is 3.11. The Labute approximate surface area is 200 Å². The van der Waals surface area contributed by atoms with Gasteiger partial charge in [0.15, 0.2) is 5.82 Å². The summed E-state index contributed by atoms with van der Waals surface area (Å²) < 4.78 is 22.7. The molecule has 6 rings (SSSR count). The van der Waals surface area contributed by atoms with Gasteiger partial charge in [0.25, 0.3) is 0 Å². The zero-order chi connectivity index (χ0) is 24.5. The summed E-state index contributed by atoms with van der Waals surface area (Å²) in [6.45, 7) is 4.18. The predicted molar refractivity (Wildman–Crippen MR) is 130 cm³/mol. The molecular formula is C24H24FN7O3. The number of halogens is 1. The van der Waals surface area contributed by atoms with Crippen molar-refractivity contribution in [1.29, 1.82) is 0 Å². The molecule has 1 aromatic carbocycles. The minimum atomic E-state index is -1.24. The maximum absolute atomic E-state index is 15.0. The van der Waals surface area contributed by atoms with Gasteiger partial charge in [0, 0.05) is 60.8 Å². The number of hydrogen-bond acceptors (Lipinski definition) is 7. The molecule has 3 aromatic heterocycles. The Morgan fingerprint density at radius 2 is 2.11 bits per heavy atom. The van der Waals surface area contributed by atoms with Crippen LogP contribution in [0.3, 0.4) is 0 Å². The molecule has 2 aliphatic heterocycles. The van der Waals surface area contributed by atoms with E-state index < -0.39 is 11.9 Å². The van der Waals surface area contributed by atoms with Crippen LogP contribution in [0, 0.1) is 12.7 Å². The summed E-state index contributed by atoms with van der Waals surface area (Å²) in [4.78, 5) is 23.2. The number of carbonyl (C=O) groups is 1. The summed E-state index contributed by atoms with van der Waals surface area (Å²) in [6.07, 6.45) is 8.02. The lowest BCUT2D eigenvalue weighted by atomic mass is 9.97. The number of nitrogen functional groups attached to an aromatic ring is 1. The van der Waals surface area contributed by atoms with E-state index in [1.807, 2.05) is 19.3 Å². The van der Waals surface area contributed by atoms with Gasteiger partial charge in [-0.2, -0.15) is 0 Å². The molecule has 10 nitrogen and oxygen atoms in total. The lowest BCUT2D eigenvalue weighted by Gasteiger charge is -2.22. The van der Waals surface area contributed by atoms with E-state index in [1.165, 1.54) is 37.5 Å². The van der Waals surface area contributed by atoms with Crippen molar-refractivity contribution in [3.05, 3.63) is 54.1 Å². The fourth-order valence-electron chi connectivity index (χ4n) is 4.34. The number of nitrogens with zero attached hydrogens (tertiary/aromatic N) is 4. The zero-order valence-electron chi connectivity index (χ0n) is 19.0. The number of benzene rings is 1. The van der Waals surface area contributed by atoms with Gasteiger partial charge in [0.1, 0.15) is 23.9 Å². The Bertz CT molecular complexity index is 1420. The molecule has 1 amide bonds. The highest BCUT2D eigenvalue weighted by Gasteiger charge is 2.21. The van der Waals surface area contributed by atoms with E-state index in [2.05, 4.69) is 30.2 Å². The second kappa shape index (κ2) is 9.09. The molecule has 0 fully saturated rings. The zero-order valence-corrected chi connectivity index (χ0v) is 19.0. The van der Waals surface area contributed by atoms with Gasteiger partial charge in [-0.15, -0.1) is 0 Å². The van der Waals surface area contributed by atoms with Gasteiger partial charge in [-0.1, -0.05) is 0 Å². The smallest absolute Gasteiger partial charge is 0.410 e. The Kier molecular flexibility index (Phi) is 5.81. The number of amides is 1. The lowest BCUT2D eigenvalue weighted by molar-refractivity contribution is 0.209. The highest BCUT2D eigenvalue weighted by molar-refractivity contribution is 5.99. The van der Waals surface area contributed by atoms with Crippen molar-refractivity contribution < 1.29 is 19.0 Å². The summed E-state index contributed by atoms with van der Waals surface area (Å²) in [5.74, 6) is 1.28. The molecule has 0 saturated heterocycles. The summed E-state index contributed by atoms with van der Waals surface area (Å²) in [5.41, 5.74) is 8.28. The molecule has 0 saturated carbocycles. The van der Waals surface area contributed by atoms with Crippen LogP contribution in [0.15, 0.2) is 36.9 Å². The average Bonchev–Trinajstić information content (AvgIpc) is 3.48. The number of ether oxygens (including phenoxy) is 1. The van der Waals surface area contributed by atoms with Crippen molar-refractivity contribution in [2.45, 2.75) is 26.3 Å². The summed E-state index contributed by atoms with van der Waals surface area (Å²) in [5, 5.41) is 15.2. The number of carboxylic acid groups (broad SMARTS) is 1. The number of nitrogens with two attached hydrogens (primary N) is 1. The number of fused-ring (bicyclic) bond motifs is 3. The molecule has 0 spiro atoms. The molecule has 180 valence electrons. The molecule has 0 aliphatic carbocycles. The first-order valence-electron chi connectivity index (χ1n) is 11.2. The Morgan fingerprint density at radius 1 is 1.26 bits per heavy atom. The Balaban J connectivity index is 0.000000265. The molecule has 0 unspecified atom stereocenters. The van der Waals surface area contributed by atoms with Crippen LogP contribution in [-0.2, 0) is 13.0 Å². The topological polar surface area (TPSA) is 140 Å². The van der Waals surface area contributed by atoms with Crippen LogP contribution in [0.2, 0.25) is 0 Å². The molecule has 35 heavy (non-hydrogen) atoms. The number of anilines is 3. The van der Waals surface area contributed by atoms with Crippen LogP contribution < -0.4 is 21.1 Å². The highest BCUT2D eigenvalue weighted by Crippen LogP contribution is 2.39. The van der Waals surface area contributed by atoms with E-state index in [0.717, 1.165) is 11.3 Å². The third-order valence-electron chi connectivity index (χ3n) is 6.07. The molecule has 5 heterocycles. The van der Waals surface area contributed by atoms with Crippen LogP contribution >= 0.6 is 0 Å². The molecule has 5 N–H and O–H groups in total. The predicted octanol–water partition coefficient (Wildman–Crippen LogP) is 4.05. The second-order valence-electron chi connectivity index (χ2n) is 8.27. The van der Waals surface area contributed by atoms with E-state index in [-0.39, 0.29) is 17.1 Å². The Hall–Kier alpha value is -4.41. The van der Waals surface area contributed by atoms with Crippen molar-refractivity contribution in [2.24, 2.45) is 0 Å². The van der Waals surface area contributed by atoms with Gasteiger partial charge >= 0.3 is 6.09 Å². The van der Waals surface area contributed by atoms with Gasteiger partial charge in [-0.25, -0.2) is 24.1 Å². The van der Waals surface area contributed by atoms with Gasteiger partial charge in [-0.3, -0.25) is 5.32 Å². The lowest BCUT2D eigenvalue weighted by Crippen LogP contribution is -2.20. The van der Waals surface area contributed by atoms with Gasteiger partial charge in [0.2, 0.25) is 5.88 Å². The van der Waals surface area contributed by atoms with Crippen LogP contribution in [-0.4, -0.2) is 43.9 Å². The molecular weight excluding hydrogens is 453 g/mol. The van der Waals surface area contributed by atoms with Crippen molar-refractivity contribution in [3.63, 3.8) is 0 Å². The quantitative estimate of drug-likeness (QED) is 0.317. The first-order valence-corrected chi connectivity index (χ1v) is 11.2. The number of rotatable bonds is 2. The largest absolute Gasteiger partial charge is 0.474 e. The number of aromatic nitrogens is 4. The first-order chi connectivity index (χ1) is 16.9. The minimum Gasteiger partial charge on any atom is -0.474 e. The number of aryl methyl sites for hydroxylation is 2. The SMILES string of the molecule is Cc1c(-c2cc3cc(NC(=O)O)ncc3c(N)c2F)cnc2c1NCCO2.c1cn2c(n1)CCC2. The number of nitrogens with one attached hydrogen (secondary N) is 2. The first kappa shape index (κ1) is 22.4. The molecule has 0 atom stereocenters. The number of hydrogen-bond donors (Lipinski definition) is 4. The van der Waals surface area contributed by atoms with E-state index in [9.17, 15) is 9.18 Å². The third kappa shape index (κ3) is 4.27. The Morgan fingerprint density at radius 3 is 2.91 bits per heavy atom. The van der Waals surface area contributed by atoms with Crippen molar-refractivity contribution in [3.8, 4) is 17.0 Å². The summed E-state index contributed by atoms with van der Waals surface area (Å²) >= 11 is 0. The van der Waals surface area contributed by atoms with E-state index in [1.54, 1.807) is 12.3 Å². The van der Waals surface area contributed by atoms with E-state index >= 15 is 0 Å². The molecule has 0 bridgehead atoms. The van der Waals surface area contributed by atoms with Gasteiger partial charge in [0.05, 0.1) is 5.69 Å². The van der Waals surface area contributed by atoms with E-state index in [0.29, 0.717) is 35.4 Å².